The van der Waals surface area contributed by atoms with Crippen LogP contribution in [-0.2, 0) is 0 Å². The number of carbonyl (C=O) groups is 2. The molecule has 4 heteroatoms. The minimum atomic E-state index is -0.494. The first-order valence-corrected chi connectivity index (χ1v) is 6.80. The molecule has 0 amide bonds. The van der Waals surface area contributed by atoms with Crippen LogP contribution in [0.3, 0.4) is 0 Å². The van der Waals surface area contributed by atoms with E-state index < -0.39 is 5.78 Å². The Kier molecular flexibility index (Phi) is 4.38. The average molecular weight is 293 g/mol. The predicted octanol–water partition coefficient (Wildman–Crippen LogP) is 3.34. The van der Waals surface area contributed by atoms with Crippen molar-refractivity contribution >= 4 is 11.6 Å². The van der Waals surface area contributed by atoms with E-state index >= 15 is 0 Å². The summed E-state index contributed by atoms with van der Waals surface area (Å²) in [7, 11) is 0. The van der Waals surface area contributed by atoms with Crippen LogP contribution >= 0.6 is 0 Å². The standard InChI is InChI=1S/C18H15NO3/c1-11-8-14(18(22)15(10-19)12(11)2)17(21)9-16(20)13-6-4-3-5-7-13/h3-8,22H,9H2,1-2H3. The van der Waals surface area contributed by atoms with Crippen molar-refractivity contribution in [1.29, 1.82) is 5.26 Å². The van der Waals surface area contributed by atoms with Crippen molar-refractivity contribution in [2.75, 3.05) is 0 Å². The second kappa shape index (κ2) is 6.23. The van der Waals surface area contributed by atoms with Gasteiger partial charge in [0.2, 0.25) is 0 Å². The molecule has 0 saturated heterocycles. The zero-order chi connectivity index (χ0) is 16.3. The largest absolute Gasteiger partial charge is 0.506 e. The van der Waals surface area contributed by atoms with Crippen molar-refractivity contribution in [2.24, 2.45) is 0 Å². The molecule has 0 radical (unpaired) electrons. The van der Waals surface area contributed by atoms with Crippen molar-refractivity contribution < 1.29 is 14.7 Å². The minimum Gasteiger partial charge on any atom is -0.506 e. The van der Waals surface area contributed by atoms with E-state index in [9.17, 15) is 14.7 Å². The number of aromatic hydroxyl groups is 1. The van der Waals surface area contributed by atoms with Crippen molar-refractivity contribution in [2.45, 2.75) is 20.3 Å². The molecule has 0 fully saturated rings. The third kappa shape index (κ3) is 2.89. The average Bonchev–Trinajstić information content (AvgIpc) is 2.52. The van der Waals surface area contributed by atoms with Crippen LogP contribution < -0.4 is 0 Å². The van der Waals surface area contributed by atoms with Gasteiger partial charge in [0.25, 0.3) is 0 Å². The summed E-state index contributed by atoms with van der Waals surface area (Å²) in [5.74, 6) is -1.16. The summed E-state index contributed by atoms with van der Waals surface area (Å²) in [6.45, 7) is 3.46. The van der Waals surface area contributed by atoms with Crippen molar-refractivity contribution in [3.8, 4) is 11.8 Å². The van der Waals surface area contributed by atoms with Crippen LogP contribution in [0.5, 0.6) is 5.75 Å². The molecule has 0 unspecified atom stereocenters. The number of phenols is 1. The number of aryl methyl sites for hydroxylation is 1. The highest BCUT2D eigenvalue weighted by atomic mass is 16.3. The Hall–Kier alpha value is -2.93. The van der Waals surface area contributed by atoms with Crippen molar-refractivity contribution in [3.63, 3.8) is 0 Å². The van der Waals surface area contributed by atoms with Gasteiger partial charge in [-0.25, -0.2) is 0 Å². The van der Waals surface area contributed by atoms with Gasteiger partial charge in [0.1, 0.15) is 11.8 Å². The lowest BCUT2D eigenvalue weighted by atomic mass is 9.94. The van der Waals surface area contributed by atoms with Crippen LogP contribution in [0.2, 0.25) is 0 Å². The minimum absolute atomic E-state index is 0.0175. The second-order valence-electron chi connectivity index (χ2n) is 5.09. The Bertz CT molecular complexity index is 786. The molecule has 0 spiro atoms. The van der Waals surface area contributed by atoms with Gasteiger partial charge in [-0.15, -0.1) is 0 Å². The summed E-state index contributed by atoms with van der Waals surface area (Å²) in [6, 6.07) is 11.9. The van der Waals surface area contributed by atoms with Crippen LogP contribution in [-0.4, -0.2) is 16.7 Å². The zero-order valence-corrected chi connectivity index (χ0v) is 12.4. The van der Waals surface area contributed by atoms with E-state index in [1.54, 1.807) is 44.2 Å². The lowest BCUT2D eigenvalue weighted by Gasteiger charge is -2.10. The highest BCUT2D eigenvalue weighted by Crippen LogP contribution is 2.29. The van der Waals surface area contributed by atoms with Gasteiger partial charge in [0.05, 0.1) is 17.5 Å². The third-order valence-corrected chi connectivity index (χ3v) is 3.65. The summed E-state index contributed by atoms with van der Waals surface area (Å²) in [6.07, 6.45) is -0.342. The Morgan fingerprint density at radius 1 is 1.14 bits per heavy atom. The number of hydrogen-bond acceptors (Lipinski definition) is 4. The molecule has 2 aromatic carbocycles. The fraction of sp³-hybridized carbons (Fsp3) is 0.167. The molecule has 0 aliphatic heterocycles. The van der Waals surface area contributed by atoms with E-state index in [0.29, 0.717) is 11.1 Å². The molecule has 0 bridgehead atoms. The number of carbonyl (C=O) groups excluding carboxylic acids is 2. The Labute approximate surface area is 128 Å². The quantitative estimate of drug-likeness (QED) is 0.692. The molecule has 0 atom stereocenters. The SMILES string of the molecule is Cc1cc(C(=O)CC(=O)c2ccccc2)c(O)c(C#N)c1C. The highest BCUT2D eigenvalue weighted by molar-refractivity contribution is 6.14. The normalized spacial score (nSPS) is 10.0. The summed E-state index contributed by atoms with van der Waals surface area (Å²) in [5, 5.41) is 19.2. The number of phenolic OH excluding ortho intramolecular Hbond substituents is 1. The van der Waals surface area contributed by atoms with Gasteiger partial charge in [0, 0.05) is 5.56 Å². The number of nitrogens with zero attached hydrogens (tertiary/aromatic N) is 1. The number of rotatable bonds is 4. The van der Waals surface area contributed by atoms with Gasteiger partial charge >= 0.3 is 0 Å². The van der Waals surface area contributed by atoms with Gasteiger partial charge in [-0.2, -0.15) is 5.26 Å². The molecule has 0 saturated carbocycles. The van der Waals surface area contributed by atoms with E-state index in [1.807, 2.05) is 6.07 Å². The van der Waals surface area contributed by atoms with Gasteiger partial charge in [-0.1, -0.05) is 30.3 Å². The molecule has 0 aromatic heterocycles. The number of hydrogen-bond donors (Lipinski definition) is 1. The van der Waals surface area contributed by atoms with Crippen LogP contribution in [0.15, 0.2) is 36.4 Å². The summed E-state index contributed by atoms with van der Waals surface area (Å²) < 4.78 is 0. The van der Waals surface area contributed by atoms with Crippen LogP contribution in [0.4, 0.5) is 0 Å². The molecule has 2 aromatic rings. The van der Waals surface area contributed by atoms with Crippen LogP contribution in [0, 0.1) is 25.2 Å². The molecule has 0 heterocycles. The van der Waals surface area contributed by atoms with Gasteiger partial charge in [-0.3, -0.25) is 9.59 Å². The first kappa shape index (κ1) is 15.5. The van der Waals surface area contributed by atoms with E-state index in [1.165, 1.54) is 6.07 Å². The maximum absolute atomic E-state index is 12.3. The molecule has 0 aliphatic rings. The molecule has 1 N–H and O–H groups in total. The smallest absolute Gasteiger partial charge is 0.174 e. The Morgan fingerprint density at radius 3 is 2.36 bits per heavy atom. The van der Waals surface area contributed by atoms with Crippen molar-refractivity contribution in [3.05, 3.63) is 64.2 Å². The number of benzene rings is 2. The second-order valence-corrected chi connectivity index (χ2v) is 5.09. The molecule has 4 nitrogen and oxygen atoms in total. The fourth-order valence-corrected chi connectivity index (χ4v) is 2.22. The fourth-order valence-electron chi connectivity index (χ4n) is 2.22. The molecule has 2 rings (SSSR count). The Morgan fingerprint density at radius 2 is 1.77 bits per heavy atom. The van der Waals surface area contributed by atoms with E-state index in [0.717, 1.165) is 5.56 Å². The molecule has 0 aliphatic carbocycles. The van der Waals surface area contributed by atoms with E-state index in [2.05, 4.69) is 0 Å². The summed E-state index contributed by atoms with van der Waals surface area (Å²) in [5.41, 5.74) is 1.90. The highest BCUT2D eigenvalue weighted by Gasteiger charge is 2.20. The number of nitriles is 1. The third-order valence-electron chi connectivity index (χ3n) is 3.65. The van der Waals surface area contributed by atoms with E-state index in [4.69, 9.17) is 5.26 Å². The predicted molar refractivity (Wildman–Crippen MR) is 82.0 cm³/mol. The topological polar surface area (TPSA) is 78.2 Å². The molecule has 110 valence electrons. The maximum Gasteiger partial charge on any atom is 0.174 e. The van der Waals surface area contributed by atoms with Crippen molar-refractivity contribution in [1.82, 2.24) is 0 Å². The van der Waals surface area contributed by atoms with Gasteiger partial charge in [-0.05, 0) is 31.0 Å². The molecular weight excluding hydrogens is 278 g/mol. The molecule has 22 heavy (non-hydrogen) atoms. The van der Waals surface area contributed by atoms with Gasteiger partial charge in [0.15, 0.2) is 11.6 Å². The maximum atomic E-state index is 12.3. The van der Waals surface area contributed by atoms with Crippen LogP contribution in [0.25, 0.3) is 0 Å². The first-order chi connectivity index (χ1) is 10.5. The lowest BCUT2D eigenvalue weighted by Crippen LogP contribution is -2.10. The van der Waals surface area contributed by atoms with Crippen LogP contribution in [0.1, 0.15) is 43.8 Å². The summed E-state index contributed by atoms with van der Waals surface area (Å²) >= 11 is 0. The van der Waals surface area contributed by atoms with E-state index in [-0.39, 0.29) is 29.1 Å². The Balaban J connectivity index is 2.33. The first-order valence-electron chi connectivity index (χ1n) is 6.80. The lowest BCUT2D eigenvalue weighted by molar-refractivity contribution is 0.0893. The number of ketones is 2. The number of Topliss-reactive ketones (excluding diaryl/α,β-unsaturated/α-hetero) is 2. The monoisotopic (exact) mass is 293 g/mol. The molecular formula is C18H15NO3. The van der Waals surface area contributed by atoms with Gasteiger partial charge < -0.3 is 5.11 Å². The summed E-state index contributed by atoms with van der Waals surface area (Å²) in [4.78, 5) is 24.4. The zero-order valence-electron chi connectivity index (χ0n) is 12.4.